The predicted octanol–water partition coefficient (Wildman–Crippen LogP) is 9.24. The highest BCUT2D eigenvalue weighted by molar-refractivity contribution is 5.72. The van der Waals surface area contributed by atoms with E-state index in [1.54, 1.807) is 0 Å². The maximum atomic E-state index is 12.5. The average Bonchev–Trinajstić information content (AvgIpc) is 3.05. The molecule has 0 spiro atoms. The minimum atomic E-state index is -0.890. The largest absolute Gasteiger partial charge is 0.477 e. The monoisotopic (exact) mass is 686 g/mol. The van der Waals surface area contributed by atoms with Crippen LogP contribution in [0.25, 0.3) is 0 Å². The summed E-state index contributed by atoms with van der Waals surface area (Å²) in [5.41, 5.74) is 0. The summed E-state index contributed by atoms with van der Waals surface area (Å²) in [5, 5.41) is 9.55. The lowest BCUT2D eigenvalue weighted by Gasteiger charge is -2.31. The summed E-state index contributed by atoms with van der Waals surface area (Å²) in [6.45, 7) is 4.47. The molecule has 0 aliphatic heterocycles. The van der Waals surface area contributed by atoms with Crippen molar-refractivity contribution in [3.8, 4) is 0 Å². The van der Waals surface area contributed by atoms with Crippen LogP contribution in [0.3, 0.4) is 0 Å². The zero-order valence-electron chi connectivity index (χ0n) is 31.4. The van der Waals surface area contributed by atoms with E-state index in [1.807, 2.05) is 63.7 Å². The van der Waals surface area contributed by atoms with Gasteiger partial charge in [-0.05, 0) is 44.9 Å². The average molecular weight is 687 g/mol. The Labute approximate surface area is 298 Å². The molecule has 0 aromatic heterocycles. The van der Waals surface area contributed by atoms with Crippen molar-refractivity contribution in [2.24, 2.45) is 0 Å². The Morgan fingerprint density at radius 3 is 1.82 bits per heavy atom. The van der Waals surface area contributed by atoms with Crippen molar-refractivity contribution in [1.82, 2.24) is 0 Å². The highest BCUT2D eigenvalue weighted by atomic mass is 16.6. The Morgan fingerprint density at radius 1 is 0.612 bits per heavy atom. The van der Waals surface area contributed by atoms with Crippen LogP contribution in [0.15, 0.2) is 72.9 Å². The molecule has 0 amide bonds. The van der Waals surface area contributed by atoms with E-state index in [0.29, 0.717) is 19.3 Å². The Hall–Kier alpha value is -3.23. The molecule has 278 valence electrons. The SMILES string of the molecule is CCC/C=C/C=C/C=C/C=C/C=C/CCCCCCCC(=O)OCC(COCCC(C(=O)O)[N+](C)(C)C)OC(=O)CC/C=C/CCCCC. The molecule has 0 aromatic rings. The summed E-state index contributed by atoms with van der Waals surface area (Å²) in [4.78, 5) is 36.6. The van der Waals surface area contributed by atoms with Crippen LogP contribution in [0.2, 0.25) is 0 Å². The van der Waals surface area contributed by atoms with Crippen LogP contribution in [0.5, 0.6) is 0 Å². The maximum absolute atomic E-state index is 12.5. The van der Waals surface area contributed by atoms with E-state index in [0.717, 1.165) is 57.8 Å². The second-order valence-electron chi connectivity index (χ2n) is 13.2. The van der Waals surface area contributed by atoms with Crippen LogP contribution in [-0.4, -0.2) is 80.6 Å². The summed E-state index contributed by atoms with van der Waals surface area (Å²) in [7, 11) is 5.48. The summed E-state index contributed by atoms with van der Waals surface area (Å²) in [5.74, 6) is -1.59. The Bertz CT molecular complexity index is 1030. The van der Waals surface area contributed by atoms with Crippen LogP contribution < -0.4 is 0 Å². The van der Waals surface area contributed by atoms with Gasteiger partial charge in [0.15, 0.2) is 12.1 Å². The van der Waals surface area contributed by atoms with E-state index in [4.69, 9.17) is 14.2 Å². The third-order valence-electron chi connectivity index (χ3n) is 7.70. The van der Waals surface area contributed by atoms with E-state index < -0.39 is 18.1 Å². The van der Waals surface area contributed by atoms with Gasteiger partial charge in [0.05, 0.1) is 34.4 Å². The van der Waals surface area contributed by atoms with Crippen molar-refractivity contribution < 1.29 is 38.2 Å². The van der Waals surface area contributed by atoms with Crippen molar-refractivity contribution in [3.05, 3.63) is 72.9 Å². The lowest BCUT2D eigenvalue weighted by molar-refractivity contribution is -0.887. The summed E-state index contributed by atoms with van der Waals surface area (Å²) in [6.07, 6.45) is 38.3. The molecule has 0 saturated heterocycles. The van der Waals surface area contributed by atoms with Crippen molar-refractivity contribution in [2.75, 3.05) is 41.0 Å². The molecule has 0 radical (unpaired) electrons. The third kappa shape index (κ3) is 30.6. The molecule has 49 heavy (non-hydrogen) atoms. The number of unbranched alkanes of at least 4 members (excludes halogenated alkanes) is 9. The quantitative estimate of drug-likeness (QED) is 0.0255. The first-order valence-corrected chi connectivity index (χ1v) is 18.5. The van der Waals surface area contributed by atoms with Crippen LogP contribution in [0, 0.1) is 0 Å². The van der Waals surface area contributed by atoms with Gasteiger partial charge in [0.25, 0.3) is 0 Å². The number of likely N-dealkylation sites (N-methyl/N-ethyl adjacent to an activating group) is 1. The van der Waals surface area contributed by atoms with E-state index in [1.165, 1.54) is 19.3 Å². The first kappa shape index (κ1) is 45.8. The number of nitrogens with zero attached hydrogens (tertiary/aromatic N) is 1. The van der Waals surface area contributed by atoms with Gasteiger partial charge in [-0.25, -0.2) is 4.79 Å². The van der Waals surface area contributed by atoms with E-state index in [-0.39, 0.29) is 42.7 Å². The fraction of sp³-hybridized carbons (Fsp3) is 0.634. The van der Waals surface area contributed by atoms with Crippen LogP contribution >= 0.6 is 0 Å². The van der Waals surface area contributed by atoms with Crippen LogP contribution in [0.4, 0.5) is 0 Å². The number of quaternary nitrogens is 1. The standard InChI is InChI=1S/C41H67NO7/c1-6-8-10-12-14-15-16-17-18-19-20-21-22-23-24-26-27-29-31-39(43)48-36-37(35-47-34-33-38(41(45)46)42(3,4)5)49-40(44)32-30-28-25-13-11-9-7-2/h10,12,14-21,25,28,37-38H,6-9,11,13,22-24,26-27,29-36H2,1-5H3/p+1/b12-10+,15-14+,17-16+,19-18+,21-20+,28-25+. The molecule has 2 atom stereocenters. The van der Waals surface area contributed by atoms with Crippen molar-refractivity contribution in [2.45, 2.75) is 129 Å². The smallest absolute Gasteiger partial charge is 0.362 e. The summed E-state index contributed by atoms with van der Waals surface area (Å²) in [6, 6.07) is -0.625. The highest BCUT2D eigenvalue weighted by Crippen LogP contribution is 2.11. The predicted molar refractivity (Wildman–Crippen MR) is 201 cm³/mol. The number of rotatable bonds is 31. The second kappa shape index (κ2) is 32.0. The molecule has 1 N–H and O–H groups in total. The Morgan fingerprint density at radius 2 is 1.18 bits per heavy atom. The third-order valence-corrected chi connectivity index (χ3v) is 7.70. The number of hydrogen-bond acceptors (Lipinski definition) is 6. The molecule has 0 aliphatic rings. The molecule has 0 saturated carbocycles. The fourth-order valence-corrected chi connectivity index (χ4v) is 4.78. The minimum absolute atomic E-state index is 0.0324. The van der Waals surface area contributed by atoms with E-state index >= 15 is 0 Å². The number of aliphatic carboxylic acids is 1. The second-order valence-corrected chi connectivity index (χ2v) is 13.2. The summed E-state index contributed by atoms with van der Waals surface area (Å²) < 4.78 is 17.0. The van der Waals surface area contributed by atoms with Crippen LogP contribution in [-0.2, 0) is 28.6 Å². The Kier molecular flexibility index (Phi) is 29.9. The lowest BCUT2D eigenvalue weighted by atomic mass is 10.1. The minimum Gasteiger partial charge on any atom is -0.477 e. The van der Waals surface area contributed by atoms with Crippen molar-refractivity contribution >= 4 is 17.9 Å². The van der Waals surface area contributed by atoms with Gasteiger partial charge in [-0.3, -0.25) is 9.59 Å². The number of allylic oxidation sites excluding steroid dienone is 12. The van der Waals surface area contributed by atoms with Crippen molar-refractivity contribution in [1.29, 1.82) is 0 Å². The molecule has 0 bridgehead atoms. The molecule has 0 heterocycles. The van der Waals surface area contributed by atoms with E-state index in [9.17, 15) is 19.5 Å². The first-order chi connectivity index (χ1) is 23.6. The molecule has 0 aliphatic carbocycles. The van der Waals surface area contributed by atoms with Gasteiger partial charge in [0, 0.05) is 19.3 Å². The van der Waals surface area contributed by atoms with Gasteiger partial charge in [0.1, 0.15) is 6.61 Å². The molecule has 2 unspecified atom stereocenters. The highest BCUT2D eigenvalue weighted by Gasteiger charge is 2.31. The molecule has 8 nitrogen and oxygen atoms in total. The summed E-state index contributed by atoms with van der Waals surface area (Å²) >= 11 is 0. The van der Waals surface area contributed by atoms with Gasteiger partial charge in [-0.15, -0.1) is 0 Å². The van der Waals surface area contributed by atoms with Gasteiger partial charge in [-0.1, -0.05) is 125 Å². The van der Waals surface area contributed by atoms with Crippen LogP contribution in [0.1, 0.15) is 117 Å². The van der Waals surface area contributed by atoms with E-state index in [2.05, 4.69) is 44.2 Å². The number of carbonyl (C=O) groups is 3. The number of carboxylic acid groups (broad SMARTS) is 1. The Balaban J connectivity index is 4.43. The van der Waals surface area contributed by atoms with Gasteiger partial charge in [-0.2, -0.15) is 0 Å². The number of hydrogen-bond donors (Lipinski definition) is 1. The first-order valence-electron chi connectivity index (χ1n) is 18.5. The normalized spacial score (nSPS) is 13.9. The molecular weight excluding hydrogens is 618 g/mol. The molecule has 0 aromatic carbocycles. The number of ether oxygens (including phenoxy) is 3. The molecule has 0 fully saturated rings. The molecule has 0 rings (SSSR count). The van der Waals surface area contributed by atoms with Crippen molar-refractivity contribution in [3.63, 3.8) is 0 Å². The zero-order valence-corrected chi connectivity index (χ0v) is 31.4. The van der Waals surface area contributed by atoms with Gasteiger partial charge in [0.2, 0.25) is 0 Å². The number of carboxylic acids is 1. The maximum Gasteiger partial charge on any atom is 0.362 e. The molecular formula is C41H68NO7+. The molecule has 8 heteroatoms. The zero-order chi connectivity index (χ0) is 36.4. The van der Waals surface area contributed by atoms with Gasteiger partial charge < -0.3 is 23.8 Å². The number of esters is 2. The topological polar surface area (TPSA) is 99.1 Å². The van der Waals surface area contributed by atoms with Gasteiger partial charge >= 0.3 is 17.9 Å². The number of carbonyl (C=O) groups excluding carboxylic acids is 2. The lowest BCUT2D eigenvalue weighted by Crippen LogP contribution is -2.50. The fourth-order valence-electron chi connectivity index (χ4n) is 4.78.